The number of rotatable bonds is 3. The van der Waals surface area contributed by atoms with Crippen LogP contribution in [0.2, 0.25) is 0 Å². The second-order valence-corrected chi connectivity index (χ2v) is 5.39. The van der Waals surface area contributed by atoms with E-state index in [1.165, 1.54) is 45.1 Å². The highest BCUT2D eigenvalue weighted by atomic mass is 79.9. The van der Waals surface area contributed by atoms with Crippen molar-refractivity contribution in [3.8, 4) is 0 Å². The molecular formula is C17H25BrN2. The van der Waals surface area contributed by atoms with Gasteiger partial charge in [0.15, 0.2) is 5.71 Å². The van der Waals surface area contributed by atoms with Crippen molar-refractivity contribution in [2.45, 2.75) is 54.4 Å². The molecule has 0 unspecified atom stereocenters. The Morgan fingerprint density at radius 3 is 2.20 bits per heavy atom. The SMILES string of the molecule is CCC1=C(C)C(C)=[NH+]C1=Cc1[nH]c(C)c(CC)c1C.[Br-]. The lowest BCUT2D eigenvalue weighted by Gasteiger charge is -1.98. The highest BCUT2D eigenvalue weighted by Gasteiger charge is 2.23. The maximum Gasteiger partial charge on any atom is 0.209 e. The third-order valence-electron chi connectivity index (χ3n) is 4.29. The highest BCUT2D eigenvalue weighted by molar-refractivity contribution is 5.97. The Kier molecular flexibility index (Phi) is 5.58. The Hall–Kier alpha value is -1.09. The molecular weight excluding hydrogens is 312 g/mol. The molecule has 0 bridgehead atoms. The summed E-state index contributed by atoms with van der Waals surface area (Å²) in [7, 11) is 0. The van der Waals surface area contributed by atoms with E-state index in [1.807, 2.05) is 0 Å². The average molecular weight is 337 g/mol. The van der Waals surface area contributed by atoms with Gasteiger partial charge in [-0.3, -0.25) is 0 Å². The van der Waals surface area contributed by atoms with Gasteiger partial charge in [-0.05, 0) is 44.7 Å². The molecule has 0 amide bonds. The fourth-order valence-corrected chi connectivity index (χ4v) is 3.01. The molecule has 0 saturated heterocycles. The van der Waals surface area contributed by atoms with E-state index in [1.54, 1.807) is 0 Å². The van der Waals surface area contributed by atoms with Crippen LogP contribution < -0.4 is 22.0 Å². The summed E-state index contributed by atoms with van der Waals surface area (Å²) in [6.07, 6.45) is 4.42. The molecule has 20 heavy (non-hydrogen) atoms. The second-order valence-electron chi connectivity index (χ2n) is 5.39. The minimum absolute atomic E-state index is 0. The van der Waals surface area contributed by atoms with Crippen molar-refractivity contribution in [1.29, 1.82) is 0 Å². The Morgan fingerprint density at radius 1 is 1.05 bits per heavy atom. The van der Waals surface area contributed by atoms with Crippen molar-refractivity contribution >= 4 is 11.8 Å². The molecule has 0 saturated carbocycles. The van der Waals surface area contributed by atoms with Crippen molar-refractivity contribution < 1.29 is 22.0 Å². The van der Waals surface area contributed by atoms with Gasteiger partial charge in [0.1, 0.15) is 0 Å². The number of nitrogens with one attached hydrogen (secondary N) is 2. The third-order valence-corrected chi connectivity index (χ3v) is 4.29. The Labute approximate surface area is 132 Å². The summed E-state index contributed by atoms with van der Waals surface area (Å²) in [5.74, 6) is 0. The van der Waals surface area contributed by atoms with Gasteiger partial charge in [0, 0.05) is 35.5 Å². The number of hydrogen-bond acceptors (Lipinski definition) is 0. The summed E-state index contributed by atoms with van der Waals surface area (Å²) in [6, 6.07) is 0. The number of H-pyrrole nitrogens is 1. The van der Waals surface area contributed by atoms with Crippen LogP contribution in [0.1, 0.15) is 56.6 Å². The lowest BCUT2D eigenvalue weighted by atomic mass is 10.0. The molecule has 1 aliphatic heterocycles. The summed E-state index contributed by atoms with van der Waals surface area (Å²) >= 11 is 0. The molecule has 1 aromatic heterocycles. The Bertz CT molecular complexity index is 601. The van der Waals surface area contributed by atoms with Crippen LogP contribution in [-0.2, 0) is 6.42 Å². The molecule has 3 heteroatoms. The van der Waals surface area contributed by atoms with Crippen molar-refractivity contribution in [3.05, 3.63) is 39.4 Å². The van der Waals surface area contributed by atoms with Crippen molar-refractivity contribution in [1.82, 2.24) is 4.98 Å². The van der Waals surface area contributed by atoms with Gasteiger partial charge < -0.3 is 22.0 Å². The maximum atomic E-state index is 3.52. The fourth-order valence-electron chi connectivity index (χ4n) is 3.01. The molecule has 0 atom stereocenters. The molecule has 0 spiro atoms. The van der Waals surface area contributed by atoms with Crippen molar-refractivity contribution in [2.24, 2.45) is 0 Å². The van der Waals surface area contributed by atoms with Gasteiger partial charge in [0.25, 0.3) is 0 Å². The summed E-state index contributed by atoms with van der Waals surface area (Å²) in [6.45, 7) is 13.2. The molecule has 1 aromatic rings. The Balaban J connectivity index is 0.00000200. The standard InChI is InChI=1S/C17H24N2.BrH/c1-7-14-11(4)16(19-13(14)6)9-17-15(8-2)10(3)12(5)18-17;/h9,19H,7-8H2,1-6H3;1H. The van der Waals surface area contributed by atoms with Crippen LogP contribution in [0.15, 0.2) is 16.8 Å². The number of hydrogen-bond donors (Lipinski definition) is 2. The number of aromatic amines is 1. The van der Waals surface area contributed by atoms with Gasteiger partial charge in [0.2, 0.25) is 5.70 Å². The first kappa shape index (κ1) is 17.0. The molecule has 2 nitrogen and oxygen atoms in total. The predicted molar refractivity (Wildman–Crippen MR) is 82.3 cm³/mol. The van der Waals surface area contributed by atoms with E-state index < -0.39 is 0 Å². The molecule has 2 heterocycles. The molecule has 1 aliphatic rings. The summed E-state index contributed by atoms with van der Waals surface area (Å²) in [5.41, 5.74) is 10.7. The molecule has 110 valence electrons. The average Bonchev–Trinajstić information content (AvgIpc) is 2.78. The minimum Gasteiger partial charge on any atom is -1.00 e. The first-order valence-corrected chi connectivity index (χ1v) is 7.20. The normalized spacial score (nSPS) is 16.7. The van der Waals surface area contributed by atoms with Gasteiger partial charge in [-0.15, -0.1) is 0 Å². The highest BCUT2D eigenvalue weighted by Crippen LogP contribution is 2.23. The topological polar surface area (TPSA) is 29.8 Å². The van der Waals surface area contributed by atoms with Gasteiger partial charge in [-0.1, -0.05) is 13.8 Å². The number of aryl methyl sites for hydroxylation is 1. The largest absolute Gasteiger partial charge is 1.00 e. The number of halogens is 1. The molecule has 0 aliphatic carbocycles. The minimum atomic E-state index is 0. The maximum absolute atomic E-state index is 3.52. The quantitative estimate of drug-likeness (QED) is 0.767. The van der Waals surface area contributed by atoms with Crippen molar-refractivity contribution in [2.75, 3.05) is 0 Å². The molecule has 2 N–H and O–H groups in total. The molecule has 0 fully saturated rings. The van der Waals surface area contributed by atoms with E-state index in [9.17, 15) is 0 Å². The van der Waals surface area contributed by atoms with Crippen LogP contribution in [0.4, 0.5) is 0 Å². The molecule has 0 aromatic carbocycles. The second kappa shape index (κ2) is 6.57. The van der Waals surface area contributed by atoms with Crippen LogP contribution in [0.3, 0.4) is 0 Å². The van der Waals surface area contributed by atoms with E-state index in [2.05, 4.69) is 57.6 Å². The first-order chi connectivity index (χ1) is 8.99. The monoisotopic (exact) mass is 336 g/mol. The summed E-state index contributed by atoms with van der Waals surface area (Å²) < 4.78 is 0. The lowest BCUT2D eigenvalue weighted by molar-refractivity contribution is -0.386. The fraction of sp³-hybridized carbons (Fsp3) is 0.471. The zero-order valence-corrected chi connectivity index (χ0v) is 15.0. The smallest absolute Gasteiger partial charge is 0.209 e. The summed E-state index contributed by atoms with van der Waals surface area (Å²) in [4.78, 5) is 7.03. The van der Waals surface area contributed by atoms with E-state index >= 15 is 0 Å². The molecule has 0 radical (unpaired) electrons. The van der Waals surface area contributed by atoms with Crippen molar-refractivity contribution in [3.63, 3.8) is 0 Å². The number of allylic oxidation sites excluding steroid dienone is 2. The van der Waals surface area contributed by atoms with Crippen LogP contribution in [0, 0.1) is 13.8 Å². The lowest BCUT2D eigenvalue weighted by Crippen LogP contribution is -3.00. The zero-order chi connectivity index (χ0) is 14.2. The van der Waals surface area contributed by atoms with Gasteiger partial charge >= 0.3 is 0 Å². The third kappa shape index (κ3) is 2.83. The van der Waals surface area contributed by atoms with E-state index in [0.717, 1.165) is 12.8 Å². The van der Waals surface area contributed by atoms with E-state index in [4.69, 9.17) is 0 Å². The van der Waals surface area contributed by atoms with Gasteiger partial charge in [-0.25, -0.2) is 4.99 Å². The molecule has 2 rings (SSSR count). The van der Waals surface area contributed by atoms with Crippen LogP contribution in [0.25, 0.3) is 6.08 Å². The van der Waals surface area contributed by atoms with Gasteiger partial charge in [-0.2, -0.15) is 0 Å². The number of aromatic nitrogens is 1. The predicted octanol–water partition coefficient (Wildman–Crippen LogP) is -0.180. The zero-order valence-electron chi connectivity index (χ0n) is 13.4. The Morgan fingerprint density at radius 2 is 1.70 bits per heavy atom. The van der Waals surface area contributed by atoms with Gasteiger partial charge in [0.05, 0.1) is 0 Å². The van der Waals surface area contributed by atoms with Crippen LogP contribution in [0.5, 0.6) is 0 Å². The van der Waals surface area contributed by atoms with Crippen LogP contribution >= 0.6 is 0 Å². The van der Waals surface area contributed by atoms with E-state index in [0.29, 0.717) is 0 Å². The summed E-state index contributed by atoms with van der Waals surface area (Å²) in [5, 5.41) is 0. The first-order valence-electron chi connectivity index (χ1n) is 7.20. The van der Waals surface area contributed by atoms with Crippen LogP contribution in [-0.4, -0.2) is 10.7 Å². The van der Waals surface area contributed by atoms with E-state index in [-0.39, 0.29) is 17.0 Å².